The van der Waals surface area contributed by atoms with Crippen molar-refractivity contribution < 1.29 is 9.13 Å². The van der Waals surface area contributed by atoms with Crippen molar-refractivity contribution in [1.82, 2.24) is 5.32 Å². The lowest BCUT2D eigenvalue weighted by atomic mass is 9.96. The number of ether oxygens (including phenoxy) is 1. The Kier molecular flexibility index (Phi) is 6.30. The highest BCUT2D eigenvalue weighted by Crippen LogP contribution is 2.24. The average molecular weight is 253 g/mol. The van der Waals surface area contributed by atoms with Crippen LogP contribution in [0.3, 0.4) is 0 Å². The minimum Gasteiger partial charge on any atom is -0.379 e. The summed E-state index contributed by atoms with van der Waals surface area (Å²) in [7, 11) is 1.74. The lowest BCUT2D eigenvalue weighted by molar-refractivity contribution is 0.0610. The molecule has 1 aromatic carbocycles. The summed E-state index contributed by atoms with van der Waals surface area (Å²) >= 11 is 0. The predicted molar refractivity (Wildman–Crippen MR) is 73.3 cm³/mol. The van der Waals surface area contributed by atoms with Crippen LogP contribution < -0.4 is 5.32 Å². The normalized spacial score (nSPS) is 14.5. The molecule has 0 heterocycles. The standard InChI is InChI=1S/C15H24FNO/c1-5-7-14(18-4)15(17-6-2)12-8-9-13(16)11(3)10-12/h8-10,14-15,17H,5-7H2,1-4H3. The van der Waals surface area contributed by atoms with Gasteiger partial charge >= 0.3 is 0 Å². The fourth-order valence-corrected chi connectivity index (χ4v) is 2.25. The first-order valence-corrected chi connectivity index (χ1v) is 6.66. The predicted octanol–water partition coefficient (Wildman–Crippen LogP) is 3.60. The van der Waals surface area contributed by atoms with Gasteiger partial charge in [0.05, 0.1) is 12.1 Å². The second kappa shape index (κ2) is 7.49. The third-order valence-corrected chi connectivity index (χ3v) is 3.21. The third-order valence-electron chi connectivity index (χ3n) is 3.21. The fraction of sp³-hybridized carbons (Fsp3) is 0.600. The molecule has 18 heavy (non-hydrogen) atoms. The minimum absolute atomic E-state index is 0.124. The Morgan fingerprint density at radius 1 is 1.33 bits per heavy atom. The van der Waals surface area contributed by atoms with Crippen LogP contribution in [0.2, 0.25) is 0 Å². The highest BCUT2D eigenvalue weighted by atomic mass is 19.1. The first kappa shape index (κ1) is 15.1. The van der Waals surface area contributed by atoms with Gasteiger partial charge in [-0.3, -0.25) is 0 Å². The van der Waals surface area contributed by atoms with Crippen molar-refractivity contribution in [3.63, 3.8) is 0 Å². The van der Waals surface area contributed by atoms with Crippen LogP contribution in [0.25, 0.3) is 0 Å². The molecule has 3 heteroatoms. The SMILES string of the molecule is CCCC(OC)C(NCC)c1ccc(F)c(C)c1. The van der Waals surface area contributed by atoms with E-state index in [0.29, 0.717) is 5.56 Å². The summed E-state index contributed by atoms with van der Waals surface area (Å²) in [4.78, 5) is 0. The molecule has 2 nitrogen and oxygen atoms in total. The van der Waals surface area contributed by atoms with E-state index in [1.807, 2.05) is 12.1 Å². The summed E-state index contributed by atoms with van der Waals surface area (Å²) in [6, 6.07) is 5.41. The molecule has 0 fully saturated rings. The highest BCUT2D eigenvalue weighted by Gasteiger charge is 2.21. The van der Waals surface area contributed by atoms with Crippen molar-refractivity contribution >= 4 is 0 Å². The van der Waals surface area contributed by atoms with Gasteiger partial charge in [0, 0.05) is 7.11 Å². The third kappa shape index (κ3) is 3.79. The monoisotopic (exact) mass is 253 g/mol. The molecule has 0 saturated heterocycles. The lowest BCUT2D eigenvalue weighted by Crippen LogP contribution is -2.33. The van der Waals surface area contributed by atoms with Crippen LogP contribution in [0.5, 0.6) is 0 Å². The van der Waals surface area contributed by atoms with E-state index in [0.717, 1.165) is 24.9 Å². The van der Waals surface area contributed by atoms with Gasteiger partial charge in [0.15, 0.2) is 0 Å². The van der Waals surface area contributed by atoms with Gasteiger partial charge in [-0.15, -0.1) is 0 Å². The van der Waals surface area contributed by atoms with Crippen LogP contribution in [-0.2, 0) is 4.74 Å². The van der Waals surface area contributed by atoms with Crippen LogP contribution in [0.4, 0.5) is 4.39 Å². The van der Waals surface area contributed by atoms with E-state index in [-0.39, 0.29) is 18.0 Å². The molecule has 0 amide bonds. The van der Waals surface area contributed by atoms with Crippen molar-refractivity contribution in [2.75, 3.05) is 13.7 Å². The largest absolute Gasteiger partial charge is 0.379 e. The Morgan fingerprint density at radius 2 is 2.06 bits per heavy atom. The minimum atomic E-state index is -0.154. The Hall–Kier alpha value is -0.930. The molecule has 0 aromatic heterocycles. The number of halogens is 1. The van der Waals surface area contributed by atoms with Gasteiger partial charge in [-0.2, -0.15) is 0 Å². The summed E-state index contributed by atoms with van der Waals surface area (Å²) in [6.07, 6.45) is 2.19. The number of aryl methyl sites for hydroxylation is 1. The Labute approximate surface area is 110 Å². The van der Waals surface area contributed by atoms with Gasteiger partial charge in [0.2, 0.25) is 0 Å². The van der Waals surface area contributed by atoms with E-state index in [2.05, 4.69) is 19.2 Å². The van der Waals surface area contributed by atoms with Crippen LogP contribution in [0.1, 0.15) is 43.9 Å². The second-order valence-electron chi connectivity index (χ2n) is 4.61. The maximum Gasteiger partial charge on any atom is 0.126 e. The summed E-state index contributed by atoms with van der Waals surface area (Å²) in [6.45, 7) is 6.88. The number of methoxy groups -OCH3 is 1. The first-order chi connectivity index (χ1) is 8.63. The molecule has 2 unspecified atom stereocenters. The molecule has 1 aromatic rings. The van der Waals surface area contributed by atoms with E-state index < -0.39 is 0 Å². The van der Waals surface area contributed by atoms with Crippen LogP contribution in [0.15, 0.2) is 18.2 Å². The zero-order valence-corrected chi connectivity index (χ0v) is 11.8. The molecule has 1 rings (SSSR count). The van der Waals surface area contributed by atoms with Gasteiger partial charge in [-0.25, -0.2) is 4.39 Å². The number of hydrogen-bond donors (Lipinski definition) is 1. The van der Waals surface area contributed by atoms with E-state index in [4.69, 9.17) is 4.74 Å². The van der Waals surface area contributed by atoms with E-state index in [1.165, 1.54) is 6.07 Å². The summed E-state index contributed by atoms with van der Waals surface area (Å²) in [5.74, 6) is -0.154. The smallest absolute Gasteiger partial charge is 0.126 e. The Balaban J connectivity index is 2.98. The molecule has 0 aliphatic carbocycles. The van der Waals surface area contributed by atoms with Gasteiger partial charge in [0.25, 0.3) is 0 Å². The molecular formula is C15H24FNO. The number of hydrogen-bond acceptors (Lipinski definition) is 2. The number of benzene rings is 1. The van der Waals surface area contributed by atoms with Crippen molar-refractivity contribution in [2.45, 2.75) is 45.8 Å². The molecule has 2 atom stereocenters. The van der Waals surface area contributed by atoms with Crippen molar-refractivity contribution in [1.29, 1.82) is 0 Å². The fourth-order valence-electron chi connectivity index (χ4n) is 2.25. The van der Waals surface area contributed by atoms with Crippen molar-refractivity contribution in [3.05, 3.63) is 35.1 Å². The first-order valence-electron chi connectivity index (χ1n) is 6.66. The number of likely N-dealkylation sites (N-methyl/N-ethyl adjacent to an activating group) is 1. The van der Waals surface area contributed by atoms with Gasteiger partial charge in [-0.1, -0.05) is 32.4 Å². The number of rotatable bonds is 7. The maximum atomic E-state index is 13.3. The molecule has 0 aliphatic heterocycles. The topological polar surface area (TPSA) is 21.3 Å². The van der Waals surface area contributed by atoms with E-state index in [1.54, 1.807) is 14.0 Å². The molecule has 0 bridgehead atoms. The molecule has 1 N–H and O–H groups in total. The molecular weight excluding hydrogens is 229 g/mol. The molecule has 0 aliphatic rings. The highest BCUT2D eigenvalue weighted by molar-refractivity contribution is 5.27. The summed E-state index contributed by atoms with van der Waals surface area (Å²) in [5, 5.41) is 3.43. The van der Waals surface area contributed by atoms with E-state index >= 15 is 0 Å². The van der Waals surface area contributed by atoms with E-state index in [9.17, 15) is 4.39 Å². The zero-order chi connectivity index (χ0) is 13.5. The molecule has 0 spiro atoms. The summed E-state index contributed by atoms with van der Waals surface area (Å²) < 4.78 is 18.9. The Bertz CT molecular complexity index is 368. The molecule has 0 saturated carbocycles. The van der Waals surface area contributed by atoms with Gasteiger partial charge < -0.3 is 10.1 Å². The van der Waals surface area contributed by atoms with Crippen molar-refractivity contribution in [3.8, 4) is 0 Å². The van der Waals surface area contributed by atoms with Crippen LogP contribution in [-0.4, -0.2) is 19.8 Å². The molecule has 0 radical (unpaired) electrons. The second-order valence-corrected chi connectivity index (χ2v) is 4.61. The number of nitrogens with one attached hydrogen (secondary N) is 1. The maximum absolute atomic E-state index is 13.3. The lowest BCUT2D eigenvalue weighted by Gasteiger charge is -2.27. The van der Waals surface area contributed by atoms with Gasteiger partial charge in [-0.05, 0) is 37.1 Å². The Morgan fingerprint density at radius 3 is 2.56 bits per heavy atom. The summed E-state index contributed by atoms with van der Waals surface area (Å²) in [5.41, 5.74) is 1.78. The quantitative estimate of drug-likeness (QED) is 0.801. The van der Waals surface area contributed by atoms with Gasteiger partial charge in [0.1, 0.15) is 5.82 Å². The van der Waals surface area contributed by atoms with Crippen LogP contribution >= 0.6 is 0 Å². The zero-order valence-electron chi connectivity index (χ0n) is 11.8. The average Bonchev–Trinajstić information content (AvgIpc) is 2.37. The molecule has 102 valence electrons. The van der Waals surface area contributed by atoms with Crippen molar-refractivity contribution in [2.24, 2.45) is 0 Å². The van der Waals surface area contributed by atoms with Crippen LogP contribution in [0, 0.1) is 12.7 Å².